The van der Waals surface area contributed by atoms with Crippen LogP contribution in [0.5, 0.6) is 0 Å². The van der Waals surface area contributed by atoms with Gasteiger partial charge in [0.25, 0.3) is 0 Å². The molecular weight excluding hydrogens is 589 g/mol. The summed E-state index contributed by atoms with van der Waals surface area (Å²) in [6, 6.07) is 0. The molecule has 1 unspecified atom stereocenters. The first-order chi connectivity index (χ1) is 17.9. The number of carbonyl (C=O) groups excluding carboxylic acids is 1. The number of nitrogens with zero attached hydrogens (tertiary/aromatic N) is 1. The fraction of sp³-hybridized carbons (Fsp3) is 0.857. The lowest BCUT2D eigenvalue weighted by atomic mass is 9.87. The maximum atomic E-state index is 11.0. The number of cyclic esters (lactones) is 1. The Bertz CT molecular complexity index is 774. The molecule has 4 rings (SSSR count). The second kappa shape index (κ2) is 15.7. The van der Waals surface area contributed by atoms with Gasteiger partial charge in [0.1, 0.15) is 11.7 Å². The summed E-state index contributed by atoms with van der Waals surface area (Å²) in [6.07, 6.45) is 12.3. The minimum Gasteiger partial charge on any atom is -0.462 e. The van der Waals surface area contributed by atoms with Crippen molar-refractivity contribution < 1.29 is 34.0 Å². The van der Waals surface area contributed by atoms with Crippen LogP contribution in [0.4, 0.5) is 0 Å². The number of aliphatic hydroxyl groups excluding tert-OH is 2. The molecule has 2 N–H and O–H groups in total. The third-order valence-electron chi connectivity index (χ3n) is 7.85. The Morgan fingerprint density at radius 3 is 2.38 bits per heavy atom. The van der Waals surface area contributed by atoms with E-state index in [1.807, 2.05) is 0 Å². The third-order valence-corrected chi connectivity index (χ3v) is 9.14. The number of halogens is 1. The van der Waals surface area contributed by atoms with E-state index in [0.29, 0.717) is 13.0 Å². The summed E-state index contributed by atoms with van der Waals surface area (Å²) in [6.45, 7) is 12.0. The highest BCUT2D eigenvalue weighted by Crippen LogP contribution is 2.44. The fourth-order valence-electron chi connectivity index (χ4n) is 5.86. The zero-order valence-electron chi connectivity index (χ0n) is 22.0. The van der Waals surface area contributed by atoms with E-state index in [9.17, 15) is 4.79 Å². The molecule has 0 aliphatic carbocycles. The molecule has 0 amide bonds. The van der Waals surface area contributed by atoms with Crippen molar-refractivity contribution in [3.8, 4) is 0 Å². The van der Waals surface area contributed by atoms with E-state index in [2.05, 4.69) is 34.0 Å². The van der Waals surface area contributed by atoms with Crippen LogP contribution in [-0.4, -0.2) is 82.6 Å². The molecule has 0 bridgehead atoms. The van der Waals surface area contributed by atoms with E-state index < -0.39 is 0 Å². The van der Waals surface area contributed by atoms with Crippen molar-refractivity contribution in [3.05, 3.63) is 23.6 Å². The zero-order chi connectivity index (χ0) is 26.7. The summed E-state index contributed by atoms with van der Waals surface area (Å²) in [7, 11) is 0. The number of carbonyl (C=O) groups is 1. The Morgan fingerprint density at radius 1 is 0.973 bits per heavy atom. The number of aliphatic hydroxyl groups is 2. The molecule has 0 aromatic carbocycles. The Hall–Kier alpha value is -0.770. The second-order valence-corrected chi connectivity index (χ2v) is 11.5. The molecule has 4 aliphatic rings. The molecule has 0 spiro atoms. The SMILES string of the molecule is C=C1C[C@H](CCCO)OC1CC[C@@H]1CCC(=O)O1.[C-]#[N+]CC[C@H]1CC[C@@H]2O[C@@H](CCCO)C[C@]2(CI)O1. The number of hydrogen-bond donors (Lipinski definition) is 2. The quantitative estimate of drug-likeness (QED) is 0.107. The fourth-order valence-corrected chi connectivity index (χ4v) is 6.84. The zero-order valence-corrected chi connectivity index (χ0v) is 24.1. The van der Waals surface area contributed by atoms with Gasteiger partial charge in [0.2, 0.25) is 6.54 Å². The summed E-state index contributed by atoms with van der Waals surface area (Å²) in [5.74, 6) is -0.0769. The van der Waals surface area contributed by atoms with Crippen molar-refractivity contribution in [2.75, 3.05) is 24.2 Å². The van der Waals surface area contributed by atoms with Crippen LogP contribution in [0.1, 0.15) is 83.5 Å². The highest BCUT2D eigenvalue weighted by Gasteiger charge is 2.52. The summed E-state index contributed by atoms with van der Waals surface area (Å²) in [5.41, 5.74) is 0.994. The molecule has 0 saturated carbocycles. The van der Waals surface area contributed by atoms with E-state index >= 15 is 0 Å². The highest BCUT2D eigenvalue weighted by molar-refractivity contribution is 14.1. The van der Waals surface area contributed by atoms with Gasteiger partial charge in [-0.15, -0.1) is 0 Å². The lowest BCUT2D eigenvalue weighted by Gasteiger charge is -2.40. The van der Waals surface area contributed by atoms with Crippen LogP contribution in [0, 0.1) is 6.57 Å². The van der Waals surface area contributed by atoms with E-state index in [-0.39, 0.29) is 61.4 Å². The van der Waals surface area contributed by atoms with Gasteiger partial charge in [0.15, 0.2) is 0 Å². The second-order valence-electron chi connectivity index (χ2n) is 10.7. The lowest BCUT2D eigenvalue weighted by Crippen LogP contribution is -2.49. The molecule has 8 nitrogen and oxygen atoms in total. The van der Waals surface area contributed by atoms with Crippen LogP contribution in [-0.2, 0) is 23.7 Å². The summed E-state index contributed by atoms with van der Waals surface area (Å²) in [5, 5.41) is 17.7. The van der Waals surface area contributed by atoms with Crippen LogP contribution < -0.4 is 0 Å². The maximum Gasteiger partial charge on any atom is 0.306 e. The Morgan fingerprint density at radius 2 is 1.73 bits per heavy atom. The number of rotatable bonds is 12. The van der Waals surface area contributed by atoms with E-state index in [1.165, 1.54) is 0 Å². The monoisotopic (exact) mass is 633 g/mol. The molecule has 9 heteroatoms. The van der Waals surface area contributed by atoms with Gasteiger partial charge < -0.3 is 34.0 Å². The third kappa shape index (κ3) is 9.14. The van der Waals surface area contributed by atoms with Gasteiger partial charge in [-0.1, -0.05) is 29.2 Å². The van der Waals surface area contributed by atoms with Crippen LogP contribution in [0.15, 0.2) is 12.2 Å². The van der Waals surface area contributed by atoms with E-state index in [0.717, 1.165) is 87.1 Å². The van der Waals surface area contributed by atoms with Crippen LogP contribution >= 0.6 is 22.6 Å². The van der Waals surface area contributed by atoms with Gasteiger partial charge in [-0.05, 0) is 69.8 Å². The molecule has 210 valence electrons. The van der Waals surface area contributed by atoms with Crippen LogP contribution in [0.25, 0.3) is 4.85 Å². The van der Waals surface area contributed by atoms with Crippen LogP contribution in [0.3, 0.4) is 0 Å². The molecule has 4 fully saturated rings. The topological polar surface area (TPSA) is 98.8 Å². The average Bonchev–Trinajstić information content (AvgIpc) is 3.60. The maximum absolute atomic E-state index is 11.0. The average molecular weight is 634 g/mol. The lowest BCUT2D eigenvalue weighted by molar-refractivity contribution is -0.152. The standard InChI is InChI=1S/C14H22INO3.C14H22O4/c1-16-7-6-11-4-5-13-14(10-15,19-11)9-12(18-13)3-2-8-17;1-10-9-12(3-2-8-15)17-13(10)6-4-11-5-7-14(16)18-11/h11-13,17H,2-10H2;11-13,15H,1-9H2/t11-,12+,13+,14-;11-,12+,13?/m11/s1. The molecule has 0 aromatic rings. The molecule has 4 heterocycles. The first-order valence-electron chi connectivity index (χ1n) is 13.9. The number of hydrogen-bond acceptors (Lipinski definition) is 7. The van der Waals surface area contributed by atoms with Crippen LogP contribution in [0.2, 0.25) is 0 Å². The molecule has 4 saturated heterocycles. The van der Waals surface area contributed by atoms with Crippen molar-refractivity contribution >= 4 is 28.6 Å². The first kappa shape index (κ1) is 30.8. The van der Waals surface area contributed by atoms with Gasteiger partial charge in [-0.2, -0.15) is 0 Å². The van der Waals surface area contributed by atoms with E-state index in [1.54, 1.807) is 0 Å². The summed E-state index contributed by atoms with van der Waals surface area (Å²) in [4.78, 5) is 14.4. The molecular formula is C28H44INO7. The molecule has 37 heavy (non-hydrogen) atoms. The number of fused-ring (bicyclic) bond motifs is 1. The van der Waals surface area contributed by atoms with Crippen molar-refractivity contribution in [1.82, 2.24) is 0 Å². The Kier molecular flexibility index (Phi) is 13.1. The minimum atomic E-state index is -0.147. The highest BCUT2D eigenvalue weighted by atomic mass is 127. The summed E-state index contributed by atoms with van der Waals surface area (Å²) < 4.78 is 24.5. The molecule has 0 aromatic heterocycles. The predicted octanol–water partition coefficient (Wildman–Crippen LogP) is 4.54. The predicted molar refractivity (Wildman–Crippen MR) is 148 cm³/mol. The number of alkyl halides is 1. The molecule has 4 aliphatic heterocycles. The van der Waals surface area contributed by atoms with E-state index in [4.69, 9.17) is 35.7 Å². The molecule has 7 atom stereocenters. The van der Waals surface area contributed by atoms with Gasteiger partial charge in [-0.3, -0.25) is 4.79 Å². The van der Waals surface area contributed by atoms with Crippen molar-refractivity contribution in [2.24, 2.45) is 0 Å². The van der Waals surface area contributed by atoms with Gasteiger partial charge in [-0.25, -0.2) is 6.57 Å². The summed E-state index contributed by atoms with van der Waals surface area (Å²) >= 11 is 2.40. The number of esters is 1. The molecule has 0 radical (unpaired) electrons. The normalized spacial score (nSPS) is 35.0. The van der Waals surface area contributed by atoms with Gasteiger partial charge in [0, 0.05) is 36.9 Å². The smallest absolute Gasteiger partial charge is 0.306 e. The number of ether oxygens (including phenoxy) is 4. The van der Waals surface area contributed by atoms with Crippen molar-refractivity contribution in [1.29, 1.82) is 0 Å². The minimum absolute atomic E-state index is 0.0744. The Labute approximate surface area is 235 Å². The Balaban J connectivity index is 0.000000206. The first-order valence-corrected chi connectivity index (χ1v) is 15.4. The van der Waals surface area contributed by atoms with Crippen molar-refractivity contribution in [3.63, 3.8) is 0 Å². The largest absolute Gasteiger partial charge is 0.462 e. The van der Waals surface area contributed by atoms with Gasteiger partial charge >= 0.3 is 5.97 Å². The van der Waals surface area contributed by atoms with Gasteiger partial charge in [0.05, 0.1) is 30.5 Å². The van der Waals surface area contributed by atoms with Crippen molar-refractivity contribution in [2.45, 2.75) is 126 Å².